The number of hydrogen-bond donors (Lipinski definition) is 0. The van der Waals surface area contributed by atoms with E-state index in [0.717, 1.165) is 23.9 Å². The Morgan fingerprint density at radius 3 is 2.85 bits per heavy atom. The maximum Gasteiger partial charge on any atom is 0.414 e. The molecule has 0 spiro atoms. The average molecular weight is 371 g/mol. The van der Waals surface area contributed by atoms with E-state index >= 15 is 0 Å². The molecule has 2 amide bonds. The molecule has 8 heteroatoms. The van der Waals surface area contributed by atoms with E-state index in [0.29, 0.717) is 18.7 Å². The SMILES string of the molecule is CN(CC1=CN(C(=O)OC(C)(C)C)CCC1)C(=O)c1ccn2nncc2c1. The van der Waals surface area contributed by atoms with Gasteiger partial charge in [-0.2, -0.15) is 0 Å². The van der Waals surface area contributed by atoms with Crippen molar-refractivity contribution in [2.24, 2.45) is 0 Å². The summed E-state index contributed by atoms with van der Waals surface area (Å²) in [5, 5.41) is 7.71. The van der Waals surface area contributed by atoms with Crippen molar-refractivity contribution in [2.45, 2.75) is 39.2 Å². The van der Waals surface area contributed by atoms with Gasteiger partial charge in [0, 0.05) is 38.1 Å². The number of pyridine rings is 1. The van der Waals surface area contributed by atoms with Crippen molar-refractivity contribution in [2.75, 3.05) is 20.1 Å². The van der Waals surface area contributed by atoms with Crippen molar-refractivity contribution in [3.63, 3.8) is 0 Å². The standard InChI is InChI=1S/C19H25N5O3/c1-19(2,3)27-18(26)23-8-5-6-14(13-23)12-22(4)17(25)15-7-9-24-16(10-15)11-20-21-24/h7,9-11,13H,5-6,8,12H2,1-4H3. The lowest BCUT2D eigenvalue weighted by atomic mass is 10.1. The maximum atomic E-state index is 12.7. The van der Waals surface area contributed by atoms with E-state index in [1.165, 1.54) is 0 Å². The van der Waals surface area contributed by atoms with Crippen LogP contribution in [0, 0.1) is 0 Å². The zero-order valence-corrected chi connectivity index (χ0v) is 16.2. The molecule has 2 aromatic heterocycles. The van der Waals surface area contributed by atoms with Crippen LogP contribution in [0.4, 0.5) is 4.79 Å². The quantitative estimate of drug-likeness (QED) is 0.829. The number of rotatable bonds is 3. The van der Waals surface area contributed by atoms with Gasteiger partial charge in [0.15, 0.2) is 0 Å². The molecule has 0 atom stereocenters. The van der Waals surface area contributed by atoms with Crippen LogP contribution in [-0.2, 0) is 4.74 Å². The first-order chi connectivity index (χ1) is 12.7. The Morgan fingerprint density at radius 1 is 1.33 bits per heavy atom. The smallest absolute Gasteiger partial charge is 0.414 e. The summed E-state index contributed by atoms with van der Waals surface area (Å²) < 4.78 is 7.04. The molecule has 0 saturated heterocycles. The average Bonchev–Trinajstić information content (AvgIpc) is 3.07. The van der Waals surface area contributed by atoms with Gasteiger partial charge >= 0.3 is 6.09 Å². The Balaban J connectivity index is 1.67. The van der Waals surface area contributed by atoms with Gasteiger partial charge < -0.3 is 9.64 Å². The highest BCUT2D eigenvalue weighted by Crippen LogP contribution is 2.19. The van der Waals surface area contributed by atoms with E-state index in [4.69, 9.17) is 4.74 Å². The van der Waals surface area contributed by atoms with Crippen LogP contribution in [0.15, 0.2) is 36.3 Å². The fourth-order valence-corrected chi connectivity index (χ4v) is 2.97. The van der Waals surface area contributed by atoms with Crippen LogP contribution < -0.4 is 0 Å². The predicted octanol–water partition coefficient (Wildman–Crippen LogP) is 2.72. The topological polar surface area (TPSA) is 80.0 Å². The van der Waals surface area contributed by atoms with Gasteiger partial charge in [-0.15, -0.1) is 5.10 Å². The van der Waals surface area contributed by atoms with E-state index in [9.17, 15) is 9.59 Å². The molecule has 1 aliphatic heterocycles. The molecule has 0 aliphatic carbocycles. The summed E-state index contributed by atoms with van der Waals surface area (Å²) in [6.45, 7) is 6.62. The highest BCUT2D eigenvalue weighted by Gasteiger charge is 2.24. The third kappa shape index (κ3) is 4.64. The second kappa shape index (κ2) is 7.38. The summed E-state index contributed by atoms with van der Waals surface area (Å²) in [4.78, 5) is 28.2. The van der Waals surface area contributed by atoms with Crippen molar-refractivity contribution in [1.82, 2.24) is 24.6 Å². The lowest BCUT2D eigenvalue weighted by Gasteiger charge is -2.29. The number of fused-ring (bicyclic) bond motifs is 1. The minimum absolute atomic E-state index is 0.0889. The Hall–Kier alpha value is -2.90. The zero-order valence-electron chi connectivity index (χ0n) is 16.2. The van der Waals surface area contributed by atoms with Gasteiger partial charge in [-0.05, 0) is 51.3 Å². The number of carbonyl (C=O) groups excluding carboxylic acids is 2. The number of nitrogens with zero attached hydrogens (tertiary/aromatic N) is 5. The van der Waals surface area contributed by atoms with Crippen LogP contribution in [-0.4, -0.2) is 62.4 Å². The molecule has 144 valence electrons. The lowest BCUT2D eigenvalue weighted by Crippen LogP contribution is -2.37. The Bertz CT molecular complexity index is 881. The summed E-state index contributed by atoms with van der Waals surface area (Å²) in [6.07, 6.45) is 6.48. The molecule has 0 unspecified atom stereocenters. The molecule has 0 aromatic carbocycles. The molecule has 8 nitrogen and oxygen atoms in total. The highest BCUT2D eigenvalue weighted by molar-refractivity contribution is 5.95. The Labute approximate surface area is 158 Å². The molecule has 0 radical (unpaired) electrons. The first kappa shape index (κ1) is 18.9. The predicted molar refractivity (Wildman–Crippen MR) is 100 cm³/mol. The van der Waals surface area contributed by atoms with Gasteiger partial charge in [0.2, 0.25) is 0 Å². The molecule has 27 heavy (non-hydrogen) atoms. The van der Waals surface area contributed by atoms with Gasteiger partial charge in [-0.1, -0.05) is 5.21 Å². The number of ether oxygens (including phenoxy) is 1. The van der Waals surface area contributed by atoms with Gasteiger partial charge in [0.1, 0.15) is 5.60 Å². The van der Waals surface area contributed by atoms with Crippen LogP contribution in [0.5, 0.6) is 0 Å². The molecule has 0 saturated carbocycles. The Morgan fingerprint density at radius 2 is 2.11 bits per heavy atom. The third-order valence-corrected chi connectivity index (χ3v) is 4.20. The summed E-state index contributed by atoms with van der Waals surface area (Å²) >= 11 is 0. The molecule has 1 aliphatic rings. The summed E-state index contributed by atoms with van der Waals surface area (Å²) in [5.74, 6) is -0.0889. The summed E-state index contributed by atoms with van der Waals surface area (Å²) in [6, 6.07) is 3.49. The first-order valence-electron chi connectivity index (χ1n) is 8.98. The minimum Gasteiger partial charge on any atom is -0.443 e. The van der Waals surface area contributed by atoms with Crippen LogP contribution in [0.2, 0.25) is 0 Å². The van der Waals surface area contributed by atoms with Crippen LogP contribution >= 0.6 is 0 Å². The zero-order chi connectivity index (χ0) is 19.6. The fraction of sp³-hybridized carbons (Fsp3) is 0.474. The van der Waals surface area contributed by atoms with Crippen molar-refractivity contribution in [3.05, 3.63) is 41.9 Å². The third-order valence-electron chi connectivity index (χ3n) is 4.20. The van der Waals surface area contributed by atoms with Crippen molar-refractivity contribution < 1.29 is 14.3 Å². The Kier molecular flexibility index (Phi) is 5.16. The van der Waals surface area contributed by atoms with E-state index in [1.807, 2.05) is 27.0 Å². The largest absolute Gasteiger partial charge is 0.443 e. The number of likely N-dealkylation sites (N-methyl/N-ethyl adjacent to an activating group) is 1. The van der Waals surface area contributed by atoms with Crippen molar-refractivity contribution in [3.8, 4) is 0 Å². The van der Waals surface area contributed by atoms with Crippen LogP contribution in [0.1, 0.15) is 44.0 Å². The fourth-order valence-electron chi connectivity index (χ4n) is 2.97. The number of carbonyl (C=O) groups is 2. The number of hydrogen-bond acceptors (Lipinski definition) is 5. The minimum atomic E-state index is -0.531. The van der Waals surface area contributed by atoms with Gasteiger partial charge in [0.25, 0.3) is 5.91 Å². The van der Waals surface area contributed by atoms with Crippen molar-refractivity contribution in [1.29, 1.82) is 0 Å². The molecule has 0 N–H and O–H groups in total. The molecule has 3 heterocycles. The van der Waals surface area contributed by atoms with E-state index in [2.05, 4.69) is 10.3 Å². The molecule has 0 bridgehead atoms. The maximum absolute atomic E-state index is 12.7. The van der Waals surface area contributed by atoms with Gasteiger partial charge in [-0.3, -0.25) is 9.69 Å². The van der Waals surface area contributed by atoms with Crippen LogP contribution in [0.3, 0.4) is 0 Å². The van der Waals surface area contributed by atoms with E-state index in [-0.39, 0.29) is 12.0 Å². The van der Waals surface area contributed by atoms with Crippen molar-refractivity contribution >= 4 is 17.5 Å². The normalized spacial score (nSPS) is 14.8. The van der Waals surface area contributed by atoms with Gasteiger partial charge in [-0.25, -0.2) is 9.31 Å². The number of aromatic nitrogens is 3. The van der Waals surface area contributed by atoms with Gasteiger partial charge in [0.05, 0.1) is 11.7 Å². The lowest BCUT2D eigenvalue weighted by molar-refractivity contribution is 0.0323. The van der Waals surface area contributed by atoms with Crippen LogP contribution in [0.25, 0.3) is 5.52 Å². The molecule has 2 aromatic rings. The summed E-state index contributed by atoms with van der Waals surface area (Å²) in [5.41, 5.74) is 1.83. The van der Waals surface area contributed by atoms with E-state index < -0.39 is 5.60 Å². The molecular formula is C19H25N5O3. The first-order valence-corrected chi connectivity index (χ1v) is 8.98. The molecule has 0 fully saturated rings. The van der Waals surface area contributed by atoms with E-state index in [1.54, 1.807) is 45.9 Å². The molecular weight excluding hydrogens is 346 g/mol. The monoisotopic (exact) mass is 371 g/mol. The second-order valence-electron chi connectivity index (χ2n) is 7.74. The highest BCUT2D eigenvalue weighted by atomic mass is 16.6. The second-order valence-corrected chi connectivity index (χ2v) is 7.74. The summed E-state index contributed by atoms with van der Waals surface area (Å²) in [7, 11) is 1.76. The number of amides is 2. The molecule has 3 rings (SSSR count).